The smallest absolute Gasteiger partial charge is 0.335 e. The molecule has 15 heavy (non-hydrogen) atoms. The lowest BCUT2D eigenvalue weighted by Crippen LogP contribution is -2.27. The van der Waals surface area contributed by atoms with Crippen molar-refractivity contribution in [2.75, 3.05) is 0 Å². The SMILES string of the molecule is C=Cc1ccc(C(O)C(O)C(=O)O)cc1. The van der Waals surface area contributed by atoms with E-state index >= 15 is 0 Å². The van der Waals surface area contributed by atoms with Gasteiger partial charge in [0.2, 0.25) is 0 Å². The van der Waals surface area contributed by atoms with E-state index in [2.05, 4.69) is 6.58 Å². The first-order valence-electron chi connectivity index (χ1n) is 4.37. The molecule has 2 unspecified atom stereocenters. The minimum atomic E-state index is -1.81. The molecular formula is C11H12O4. The van der Waals surface area contributed by atoms with Gasteiger partial charge in [0.1, 0.15) is 6.10 Å². The normalized spacial score (nSPS) is 14.3. The van der Waals surface area contributed by atoms with E-state index < -0.39 is 18.2 Å². The number of aliphatic carboxylic acids is 1. The zero-order valence-corrected chi connectivity index (χ0v) is 8.00. The molecule has 0 aromatic heterocycles. The molecule has 0 radical (unpaired) electrons. The van der Waals surface area contributed by atoms with E-state index in [-0.39, 0.29) is 0 Å². The summed E-state index contributed by atoms with van der Waals surface area (Å²) in [6.45, 7) is 3.56. The maximum atomic E-state index is 10.4. The fraction of sp³-hybridized carbons (Fsp3) is 0.182. The van der Waals surface area contributed by atoms with Crippen LogP contribution in [0.2, 0.25) is 0 Å². The number of aliphatic hydroxyl groups excluding tert-OH is 2. The number of rotatable bonds is 4. The summed E-state index contributed by atoms with van der Waals surface area (Å²) in [5.41, 5.74) is 1.21. The van der Waals surface area contributed by atoms with E-state index in [0.717, 1.165) is 5.56 Å². The van der Waals surface area contributed by atoms with Crippen LogP contribution in [0.3, 0.4) is 0 Å². The van der Waals surface area contributed by atoms with Crippen LogP contribution in [-0.2, 0) is 4.79 Å². The van der Waals surface area contributed by atoms with Crippen molar-refractivity contribution in [3.8, 4) is 0 Å². The Kier molecular flexibility index (Phi) is 3.60. The monoisotopic (exact) mass is 208 g/mol. The second-order valence-electron chi connectivity index (χ2n) is 3.10. The van der Waals surface area contributed by atoms with Crippen molar-refractivity contribution in [2.24, 2.45) is 0 Å². The molecule has 4 heteroatoms. The van der Waals surface area contributed by atoms with E-state index in [9.17, 15) is 9.90 Å². The fourth-order valence-electron chi connectivity index (χ4n) is 1.15. The molecule has 1 rings (SSSR count). The van der Waals surface area contributed by atoms with E-state index in [1.54, 1.807) is 30.3 Å². The summed E-state index contributed by atoms with van der Waals surface area (Å²) in [4.78, 5) is 10.4. The van der Waals surface area contributed by atoms with Gasteiger partial charge in [0, 0.05) is 0 Å². The van der Waals surface area contributed by atoms with Crippen molar-refractivity contribution in [1.29, 1.82) is 0 Å². The van der Waals surface area contributed by atoms with Crippen molar-refractivity contribution in [3.63, 3.8) is 0 Å². The number of carbonyl (C=O) groups is 1. The molecule has 3 N–H and O–H groups in total. The summed E-state index contributed by atoms with van der Waals surface area (Å²) in [6.07, 6.45) is -1.59. The molecule has 0 bridgehead atoms. The maximum Gasteiger partial charge on any atom is 0.335 e. The third-order valence-corrected chi connectivity index (χ3v) is 2.07. The topological polar surface area (TPSA) is 77.8 Å². The first-order chi connectivity index (χ1) is 7.06. The Morgan fingerprint density at radius 3 is 2.20 bits per heavy atom. The highest BCUT2D eigenvalue weighted by Gasteiger charge is 2.24. The lowest BCUT2D eigenvalue weighted by molar-refractivity contribution is -0.153. The number of aliphatic hydroxyl groups is 2. The molecular weight excluding hydrogens is 196 g/mol. The fourth-order valence-corrected chi connectivity index (χ4v) is 1.15. The molecule has 0 amide bonds. The Labute approximate surface area is 87.1 Å². The first-order valence-corrected chi connectivity index (χ1v) is 4.37. The average Bonchev–Trinajstić information content (AvgIpc) is 2.27. The van der Waals surface area contributed by atoms with Gasteiger partial charge in [-0.1, -0.05) is 36.9 Å². The lowest BCUT2D eigenvalue weighted by Gasteiger charge is -2.14. The van der Waals surface area contributed by atoms with Crippen molar-refractivity contribution in [2.45, 2.75) is 12.2 Å². The van der Waals surface area contributed by atoms with Gasteiger partial charge in [0.05, 0.1) is 0 Å². The average molecular weight is 208 g/mol. The van der Waals surface area contributed by atoms with E-state index in [1.165, 1.54) is 0 Å². The zero-order chi connectivity index (χ0) is 11.4. The maximum absolute atomic E-state index is 10.4. The number of benzene rings is 1. The number of carboxylic acid groups (broad SMARTS) is 1. The Hall–Kier alpha value is -1.65. The van der Waals surface area contributed by atoms with Gasteiger partial charge in [-0.15, -0.1) is 0 Å². The molecule has 0 saturated carbocycles. The zero-order valence-electron chi connectivity index (χ0n) is 8.00. The number of hydrogen-bond acceptors (Lipinski definition) is 3. The quantitative estimate of drug-likeness (QED) is 0.684. The third-order valence-electron chi connectivity index (χ3n) is 2.07. The molecule has 0 saturated heterocycles. The Morgan fingerprint density at radius 1 is 1.27 bits per heavy atom. The molecule has 0 spiro atoms. The molecule has 4 nitrogen and oxygen atoms in total. The highest BCUT2D eigenvalue weighted by Crippen LogP contribution is 2.17. The molecule has 2 atom stereocenters. The van der Waals surface area contributed by atoms with Gasteiger partial charge in [-0.3, -0.25) is 0 Å². The van der Waals surface area contributed by atoms with Crippen LogP contribution in [0.4, 0.5) is 0 Å². The van der Waals surface area contributed by atoms with Crippen LogP contribution in [0, 0.1) is 0 Å². The number of hydrogen-bond donors (Lipinski definition) is 3. The van der Waals surface area contributed by atoms with E-state index in [0.29, 0.717) is 5.56 Å². The molecule has 1 aromatic rings. The van der Waals surface area contributed by atoms with Crippen molar-refractivity contribution >= 4 is 12.0 Å². The Bertz CT molecular complexity index is 355. The molecule has 0 heterocycles. The van der Waals surface area contributed by atoms with Gasteiger partial charge in [-0.05, 0) is 11.1 Å². The van der Waals surface area contributed by atoms with E-state index in [1.807, 2.05) is 0 Å². The van der Waals surface area contributed by atoms with Gasteiger partial charge < -0.3 is 15.3 Å². The molecule has 0 aliphatic carbocycles. The van der Waals surface area contributed by atoms with Gasteiger partial charge in [-0.2, -0.15) is 0 Å². The van der Waals surface area contributed by atoms with Gasteiger partial charge >= 0.3 is 5.97 Å². The van der Waals surface area contributed by atoms with Crippen molar-refractivity contribution < 1.29 is 20.1 Å². The summed E-state index contributed by atoms with van der Waals surface area (Å²) in [7, 11) is 0. The summed E-state index contributed by atoms with van der Waals surface area (Å²) < 4.78 is 0. The van der Waals surface area contributed by atoms with Gasteiger partial charge in [-0.25, -0.2) is 4.79 Å². The molecule has 80 valence electrons. The standard InChI is InChI=1S/C11H12O4/c1-2-7-3-5-8(6-4-7)9(12)10(13)11(14)15/h2-6,9-10,12-13H,1H2,(H,14,15). The van der Waals surface area contributed by atoms with Crippen molar-refractivity contribution in [1.82, 2.24) is 0 Å². The molecule has 1 aromatic carbocycles. The summed E-state index contributed by atoms with van der Waals surface area (Å²) in [6, 6.07) is 6.46. The number of carboxylic acids is 1. The van der Waals surface area contributed by atoms with Crippen LogP contribution in [0.15, 0.2) is 30.8 Å². The Morgan fingerprint density at radius 2 is 1.80 bits per heavy atom. The summed E-state index contributed by atoms with van der Waals surface area (Å²) in [5, 5.41) is 27.1. The van der Waals surface area contributed by atoms with Crippen LogP contribution in [0.5, 0.6) is 0 Å². The van der Waals surface area contributed by atoms with Crippen LogP contribution in [0.1, 0.15) is 17.2 Å². The van der Waals surface area contributed by atoms with Crippen LogP contribution < -0.4 is 0 Å². The highest BCUT2D eigenvalue weighted by atomic mass is 16.4. The Balaban J connectivity index is 2.86. The third kappa shape index (κ3) is 2.65. The molecule has 0 aliphatic heterocycles. The van der Waals surface area contributed by atoms with Crippen LogP contribution in [-0.4, -0.2) is 27.4 Å². The predicted octanol–water partition coefficient (Wildman–Crippen LogP) is 0.808. The largest absolute Gasteiger partial charge is 0.479 e. The molecule has 0 aliphatic rings. The van der Waals surface area contributed by atoms with Gasteiger partial charge in [0.25, 0.3) is 0 Å². The summed E-state index contributed by atoms with van der Waals surface area (Å²) in [5.74, 6) is -1.45. The molecule has 0 fully saturated rings. The van der Waals surface area contributed by atoms with Crippen LogP contribution in [0.25, 0.3) is 6.08 Å². The lowest BCUT2D eigenvalue weighted by atomic mass is 10.0. The van der Waals surface area contributed by atoms with Crippen LogP contribution >= 0.6 is 0 Å². The highest BCUT2D eigenvalue weighted by molar-refractivity contribution is 5.73. The predicted molar refractivity (Wildman–Crippen MR) is 55.1 cm³/mol. The second-order valence-corrected chi connectivity index (χ2v) is 3.10. The minimum absolute atomic E-state index is 0.357. The minimum Gasteiger partial charge on any atom is -0.479 e. The van der Waals surface area contributed by atoms with Gasteiger partial charge in [0.15, 0.2) is 6.10 Å². The van der Waals surface area contributed by atoms with E-state index in [4.69, 9.17) is 10.2 Å². The van der Waals surface area contributed by atoms with Crippen molar-refractivity contribution in [3.05, 3.63) is 42.0 Å². The second kappa shape index (κ2) is 4.72. The first kappa shape index (κ1) is 11.4. The summed E-state index contributed by atoms with van der Waals surface area (Å²) >= 11 is 0.